The number of rotatable bonds is 2. The van der Waals surface area contributed by atoms with E-state index in [4.69, 9.17) is 0 Å². The van der Waals surface area contributed by atoms with Crippen molar-refractivity contribution in [2.45, 2.75) is 13.1 Å². The molecule has 0 aliphatic heterocycles. The molecule has 0 N–H and O–H groups in total. The lowest BCUT2D eigenvalue weighted by Gasteiger charge is -2.09. The largest absolute Gasteiger partial charge is 0.416 e. The van der Waals surface area contributed by atoms with Crippen molar-refractivity contribution >= 4 is 21.7 Å². The molecule has 0 fully saturated rings. The van der Waals surface area contributed by atoms with E-state index in [1.807, 2.05) is 0 Å². The predicted octanol–water partition coefficient (Wildman–Crippen LogP) is 3.59. The van der Waals surface area contributed by atoms with Crippen LogP contribution in [-0.4, -0.2) is 11.1 Å². The topological polar surface area (TPSA) is 17.1 Å². The van der Waals surface area contributed by atoms with Crippen LogP contribution in [0.3, 0.4) is 0 Å². The number of benzene rings is 1. The molecule has 1 aromatic carbocycles. The molecule has 0 saturated carbocycles. The van der Waals surface area contributed by atoms with Crippen molar-refractivity contribution in [2.75, 3.05) is 5.33 Å². The summed E-state index contributed by atoms with van der Waals surface area (Å²) in [5.74, 6) is -0.357. The third kappa shape index (κ3) is 3.06. The highest BCUT2D eigenvalue weighted by molar-refractivity contribution is 9.09. The summed E-state index contributed by atoms with van der Waals surface area (Å²) in [4.78, 5) is 11.2. The number of halogens is 4. The lowest BCUT2D eigenvalue weighted by molar-refractivity contribution is -0.137. The van der Waals surface area contributed by atoms with Crippen molar-refractivity contribution in [1.82, 2.24) is 0 Å². The van der Waals surface area contributed by atoms with E-state index in [-0.39, 0.29) is 16.7 Å². The third-order valence-corrected chi connectivity index (χ3v) is 2.36. The average Bonchev–Trinajstić information content (AvgIpc) is 2.14. The molecule has 1 aromatic rings. The maximum atomic E-state index is 12.4. The van der Waals surface area contributed by atoms with Crippen LogP contribution in [-0.2, 0) is 6.18 Å². The van der Waals surface area contributed by atoms with Crippen LogP contribution in [0.25, 0.3) is 0 Å². The van der Waals surface area contributed by atoms with Gasteiger partial charge in [-0.05, 0) is 30.7 Å². The Bertz CT molecular complexity index is 385. The Labute approximate surface area is 93.4 Å². The number of carbonyl (C=O) groups is 1. The highest BCUT2D eigenvalue weighted by atomic mass is 79.9. The first kappa shape index (κ1) is 12.2. The van der Waals surface area contributed by atoms with E-state index in [9.17, 15) is 18.0 Å². The van der Waals surface area contributed by atoms with E-state index in [2.05, 4.69) is 15.9 Å². The van der Waals surface area contributed by atoms with E-state index in [1.54, 1.807) is 0 Å². The predicted molar refractivity (Wildman–Crippen MR) is 54.3 cm³/mol. The number of Topliss-reactive ketones (excluding diaryl/α,β-unsaturated/α-hetero) is 1. The van der Waals surface area contributed by atoms with Gasteiger partial charge in [-0.2, -0.15) is 13.2 Å². The van der Waals surface area contributed by atoms with Gasteiger partial charge in [0.1, 0.15) is 0 Å². The molecule has 0 saturated heterocycles. The van der Waals surface area contributed by atoms with Crippen molar-refractivity contribution in [2.24, 2.45) is 0 Å². The fraction of sp³-hybridized carbons (Fsp3) is 0.300. The number of carbonyl (C=O) groups excluding carboxylic acids is 1. The third-order valence-electron chi connectivity index (χ3n) is 1.85. The molecule has 0 spiro atoms. The van der Waals surface area contributed by atoms with E-state index in [1.165, 1.54) is 13.0 Å². The van der Waals surface area contributed by atoms with Crippen LogP contribution >= 0.6 is 15.9 Å². The zero-order chi connectivity index (χ0) is 11.6. The second-order valence-corrected chi connectivity index (χ2v) is 3.70. The number of alkyl halides is 4. The minimum Gasteiger partial charge on any atom is -0.293 e. The van der Waals surface area contributed by atoms with Gasteiger partial charge in [-0.3, -0.25) is 4.79 Å². The molecule has 0 aliphatic rings. The Balaban J connectivity index is 3.23. The summed E-state index contributed by atoms with van der Waals surface area (Å²) in [5, 5.41) is 0.0216. The van der Waals surface area contributed by atoms with Gasteiger partial charge in [0.25, 0.3) is 0 Å². The van der Waals surface area contributed by atoms with Crippen molar-refractivity contribution in [3.63, 3.8) is 0 Å². The second-order valence-electron chi connectivity index (χ2n) is 3.14. The highest BCUT2D eigenvalue weighted by Crippen LogP contribution is 2.30. The summed E-state index contributed by atoms with van der Waals surface area (Å²) in [6.45, 7) is 1.53. The standard InChI is InChI=1S/C10H8BrF3O/c1-6-2-7(9(15)5-11)4-8(3-6)10(12,13)14/h2-4H,5H2,1H3. The fourth-order valence-corrected chi connectivity index (χ4v) is 1.51. The van der Waals surface area contributed by atoms with Crippen molar-refractivity contribution < 1.29 is 18.0 Å². The van der Waals surface area contributed by atoms with Crippen LogP contribution in [0.5, 0.6) is 0 Å². The van der Waals surface area contributed by atoms with E-state index >= 15 is 0 Å². The van der Waals surface area contributed by atoms with Crippen LogP contribution in [0, 0.1) is 6.92 Å². The molecule has 0 bridgehead atoms. The maximum Gasteiger partial charge on any atom is 0.416 e. The van der Waals surface area contributed by atoms with Crippen molar-refractivity contribution in [3.05, 3.63) is 34.9 Å². The Morgan fingerprint density at radius 1 is 1.33 bits per heavy atom. The fourth-order valence-electron chi connectivity index (χ4n) is 1.18. The summed E-state index contributed by atoms with van der Waals surface area (Å²) in [7, 11) is 0. The van der Waals surface area contributed by atoms with Gasteiger partial charge in [-0.25, -0.2) is 0 Å². The molecular formula is C10H8BrF3O. The Kier molecular flexibility index (Phi) is 3.54. The van der Waals surface area contributed by atoms with Gasteiger partial charge in [0.05, 0.1) is 10.9 Å². The Morgan fingerprint density at radius 3 is 2.40 bits per heavy atom. The van der Waals surface area contributed by atoms with Crippen LogP contribution in [0.4, 0.5) is 13.2 Å². The molecule has 5 heteroatoms. The summed E-state index contributed by atoms with van der Waals surface area (Å²) in [6, 6.07) is 3.33. The van der Waals surface area contributed by atoms with Crippen molar-refractivity contribution in [1.29, 1.82) is 0 Å². The zero-order valence-corrected chi connectivity index (χ0v) is 9.45. The molecule has 1 rings (SSSR count). The number of ketones is 1. The van der Waals surface area contributed by atoms with Crippen LogP contribution in [0.2, 0.25) is 0 Å². The monoisotopic (exact) mass is 280 g/mol. The minimum absolute atomic E-state index is 0.0216. The van der Waals surface area contributed by atoms with Gasteiger partial charge in [0.15, 0.2) is 5.78 Å². The summed E-state index contributed by atoms with van der Waals surface area (Å²) in [6.07, 6.45) is -4.41. The Morgan fingerprint density at radius 2 is 1.93 bits per heavy atom. The number of hydrogen-bond donors (Lipinski definition) is 0. The molecule has 0 aromatic heterocycles. The smallest absolute Gasteiger partial charge is 0.293 e. The van der Waals surface area contributed by atoms with Gasteiger partial charge in [-0.1, -0.05) is 15.9 Å². The van der Waals surface area contributed by atoms with Crippen LogP contribution in [0.15, 0.2) is 18.2 Å². The highest BCUT2D eigenvalue weighted by Gasteiger charge is 2.31. The molecule has 0 atom stereocenters. The molecule has 0 unspecified atom stereocenters. The number of hydrogen-bond acceptors (Lipinski definition) is 1. The first-order valence-corrected chi connectivity index (χ1v) is 5.25. The molecular weight excluding hydrogens is 273 g/mol. The van der Waals surface area contributed by atoms with Gasteiger partial charge in [0.2, 0.25) is 0 Å². The average molecular weight is 281 g/mol. The molecule has 0 amide bonds. The number of aryl methyl sites for hydroxylation is 1. The zero-order valence-electron chi connectivity index (χ0n) is 7.86. The lowest BCUT2D eigenvalue weighted by atomic mass is 10.0. The van der Waals surface area contributed by atoms with Gasteiger partial charge in [-0.15, -0.1) is 0 Å². The molecule has 0 heterocycles. The molecule has 15 heavy (non-hydrogen) atoms. The lowest BCUT2D eigenvalue weighted by Crippen LogP contribution is -2.08. The van der Waals surface area contributed by atoms with Gasteiger partial charge in [0, 0.05) is 5.56 Å². The molecule has 82 valence electrons. The SMILES string of the molecule is Cc1cc(C(=O)CBr)cc(C(F)(F)F)c1. The van der Waals surface area contributed by atoms with E-state index < -0.39 is 11.7 Å². The minimum atomic E-state index is -4.41. The normalized spacial score (nSPS) is 11.5. The first-order chi connectivity index (χ1) is 6.84. The second kappa shape index (κ2) is 4.35. The van der Waals surface area contributed by atoms with Gasteiger partial charge >= 0.3 is 6.18 Å². The Hall–Kier alpha value is -0.840. The van der Waals surface area contributed by atoms with E-state index in [0.29, 0.717) is 5.56 Å². The summed E-state index contributed by atoms with van der Waals surface area (Å²) in [5.41, 5.74) is -0.278. The van der Waals surface area contributed by atoms with Crippen molar-refractivity contribution in [3.8, 4) is 0 Å². The summed E-state index contributed by atoms with van der Waals surface area (Å²) < 4.78 is 37.2. The van der Waals surface area contributed by atoms with Crippen LogP contribution in [0.1, 0.15) is 21.5 Å². The summed E-state index contributed by atoms with van der Waals surface area (Å²) >= 11 is 2.92. The van der Waals surface area contributed by atoms with E-state index in [0.717, 1.165) is 12.1 Å². The molecule has 0 radical (unpaired) electrons. The molecule has 0 aliphatic carbocycles. The first-order valence-electron chi connectivity index (χ1n) is 4.12. The van der Waals surface area contributed by atoms with Crippen LogP contribution < -0.4 is 0 Å². The maximum absolute atomic E-state index is 12.4. The quantitative estimate of drug-likeness (QED) is 0.598. The molecule has 1 nitrogen and oxygen atoms in total. The van der Waals surface area contributed by atoms with Gasteiger partial charge < -0.3 is 0 Å².